The number of methoxy groups -OCH3 is 1. The van der Waals surface area contributed by atoms with Crippen molar-refractivity contribution in [3.05, 3.63) is 95.1 Å². The molecular weight excluding hydrogens is 360 g/mol. The largest absolute Gasteiger partial charge is 0.496 e. The number of para-hydroxylation sites is 1. The molecule has 0 saturated carbocycles. The Hall–Kier alpha value is -3.27. The third kappa shape index (κ3) is 4.43. The Bertz CT molecular complexity index is 982. The van der Waals surface area contributed by atoms with Crippen LogP contribution >= 0.6 is 0 Å². The number of ether oxygens (including phenoxy) is 1. The Kier molecular flexibility index (Phi) is 5.80. The molecule has 0 spiro atoms. The van der Waals surface area contributed by atoms with Crippen LogP contribution < -0.4 is 15.0 Å². The molecule has 4 nitrogen and oxygen atoms in total. The SMILES string of the molecule is COc1ccccc1C(=O)NCCc1ccc(N2CCc3ccccc3C2)cc1. The first kappa shape index (κ1) is 19.1. The van der Waals surface area contributed by atoms with Gasteiger partial charge in [-0.1, -0.05) is 48.5 Å². The first-order chi connectivity index (χ1) is 14.2. The third-order valence-corrected chi connectivity index (χ3v) is 5.48. The van der Waals surface area contributed by atoms with Crippen molar-refractivity contribution < 1.29 is 9.53 Å². The van der Waals surface area contributed by atoms with Crippen molar-refractivity contribution in [1.29, 1.82) is 0 Å². The van der Waals surface area contributed by atoms with Crippen molar-refractivity contribution in [2.75, 3.05) is 25.1 Å². The average molecular weight is 386 g/mol. The lowest BCUT2D eigenvalue weighted by molar-refractivity contribution is 0.0951. The zero-order valence-electron chi connectivity index (χ0n) is 16.7. The molecule has 0 aromatic heterocycles. The number of benzene rings is 3. The molecule has 0 atom stereocenters. The van der Waals surface area contributed by atoms with Crippen molar-refractivity contribution in [3.63, 3.8) is 0 Å². The summed E-state index contributed by atoms with van der Waals surface area (Å²) in [5, 5.41) is 2.98. The van der Waals surface area contributed by atoms with Crippen LogP contribution in [0.4, 0.5) is 5.69 Å². The van der Waals surface area contributed by atoms with E-state index in [9.17, 15) is 4.79 Å². The number of anilines is 1. The molecule has 3 aromatic rings. The lowest BCUT2D eigenvalue weighted by atomic mass is 9.99. The van der Waals surface area contributed by atoms with Crippen LogP contribution in [0.15, 0.2) is 72.8 Å². The molecule has 1 N–H and O–H groups in total. The molecule has 0 saturated heterocycles. The summed E-state index contributed by atoms with van der Waals surface area (Å²) in [5.74, 6) is 0.489. The Balaban J connectivity index is 1.32. The molecule has 0 unspecified atom stereocenters. The first-order valence-corrected chi connectivity index (χ1v) is 10.1. The fourth-order valence-electron chi connectivity index (χ4n) is 3.84. The molecule has 0 aliphatic carbocycles. The highest BCUT2D eigenvalue weighted by Crippen LogP contribution is 2.24. The van der Waals surface area contributed by atoms with Crippen molar-refractivity contribution in [3.8, 4) is 5.75 Å². The zero-order valence-corrected chi connectivity index (χ0v) is 16.7. The predicted molar refractivity (Wildman–Crippen MR) is 117 cm³/mol. The molecule has 3 aromatic carbocycles. The number of nitrogens with one attached hydrogen (secondary N) is 1. The van der Waals surface area contributed by atoms with Crippen LogP contribution in [0.5, 0.6) is 5.75 Å². The number of nitrogens with zero attached hydrogens (tertiary/aromatic N) is 1. The molecular formula is C25H26N2O2. The summed E-state index contributed by atoms with van der Waals surface area (Å²) in [6.07, 6.45) is 1.89. The highest BCUT2D eigenvalue weighted by molar-refractivity contribution is 5.96. The van der Waals surface area contributed by atoms with Gasteiger partial charge in [0.2, 0.25) is 0 Å². The molecule has 0 fully saturated rings. The molecule has 1 amide bonds. The number of fused-ring (bicyclic) bond motifs is 1. The van der Waals surface area contributed by atoms with E-state index in [4.69, 9.17) is 4.74 Å². The van der Waals surface area contributed by atoms with Gasteiger partial charge < -0.3 is 15.0 Å². The van der Waals surface area contributed by atoms with Gasteiger partial charge in [0.25, 0.3) is 5.91 Å². The van der Waals surface area contributed by atoms with E-state index in [0.29, 0.717) is 17.9 Å². The van der Waals surface area contributed by atoms with Crippen LogP contribution in [-0.2, 0) is 19.4 Å². The minimum Gasteiger partial charge on any atom is -0.496 e. The van der Waals surface area contributed by atoms with E-state index in [-0.39, 0.29) is 5.91 Å². The Morgan fingerprint density at radius 2 is 1.69 bits per heavy atom. The van der Waals surface area contributed by atoms with Crippen LogP contribution in [0, 0.1) is 0 Å². The summed E-state index contributed by atoms with van der Waals surface area (Å²) in [6.45, 7) is 2.60. The number of rotatable bonds is 6. The Morgan fingerprint density at radius 3 is 2.48 bits per heavy atom. The van der Waals surface area contributed by atoms with Crippen LogP contribution in [-0.4, -0.2) is 26.1 Å². The standard InChI is InChI=1S/C25H26N2O2/c1-29-24-9-5-4-8-23(24)25(28)26-16-14-19-10-12-22(13-11-19)27-17-15-20-6-2-3-7-21(20)18-27/h2-13H,14-18H2,1H3,(H,26,28). The van der Waals surface area contributed by atoms with Crippen LogP contribution in [0.25, 0.3) is 0 Å². The molecule has 1 heterocycles. The van der Waals surface area contributed by atoms with Crippen LogP contribution in [0.3, 0.4) is 0 Å². The second-order valence-corrected chi connectivity index (χ2v) is 7.31. The molecule has 4 heteroatoms. The quantitative estimate of drug-likeness (QED) is 0.689. The highest BCUT2D eigenvalue weighted by Gasteiger charge is 2.16. The lowest BCUT2D eigenvalue weighted by Crippen LogP contribution is -2.30. The first-order valence-electron chi connectivity index (χ1n) is 10.1. The van der Waals surface area contributed by atoms with Gasteiger partial charge in [-0.15, -0.1) is 0 Å². The summed E-state index contributed by atoms with van der Waals surface area (Å²) in [4.78, 5) is 14.8. The molecule has 1 aliphatic rings. The predicted octanol–water partition coefficient (Wildman–Crippen LogP) is 4.23. The molecule has 148 valence electrons. The number of hydrogen-bond donors (Lipinski definition) is 1. The van der Waals surface area contributed by atoms with E-state index in [1.165, 1.54) is 22.4 Å². The van der Waals surface area contributed by atoms with Gasteiger partial charge in [-0.2, -0.15) is 0 Å². The van der Waals surface area contributed by atoms with Gasteiger partial charge >= 0.3 is 0 Å². The molecule has 29 heavy (non-hydrogen) atoms. The Morgan fingerprint density at radius 1 is 0.966 bits per heavy atom. The summed E-state index contributed by atoms with van der Waals surface area (Å²) in [5.41, 5.74) is 5.91. The van der Waals surface area contributed by atoms with Gasteiger partial charge in [-0.25, -0.2) is 0 Å². The fourth-order valence-corrected chi connectivity index (χ4v) is 3.84. The minimum absolute atomic E-state index is 0.106. The van der Waals surface area contributed by atoms with E-state index in [2.05, 4.69) is 58.7 Å². The minimum atomic E-state index is -0.106. The number of amides is 1. The average Bonchev–Trinajstić information content (AvgIpc) is 2.79. The van der Waals surface area contributed by atoms with Gasteiger partial charge in [0.15, 0.2) is 0 Å². The van der Waals surface area contributed by atoms with Crippen LogP contribution in [0.1, 0.15) is 27.0 Å². The van der Waals surface area contributed by atoms with Crippen molar-refractivity contribution >= 4 is 11.6 Å². The molecule has 0 bridgehead atoms. The van der Waals surface area contributed by atoms with E-state index in [1.807, 2.05) is 12.1 Å². The fraction of sp³-hybridized carbons (Fsp3) is 0.240. The maximum atomic E-state index is 12.4. The van der Waals surface area contributed by atoms with Crippen LogP contribution in [0.2, 0.25) is 0 Å². The number of hydrogen-bond acceptors (Lipinski definition) is 3. The smallest absolute Gasteiger partial charge is 0.255 e. The maximum absolute atomic E-state index is 12.4. The second-order valence-electron chi connectivity index (χ2n) is 7.31. The van der Waals surface area contributed by atoms with E-state index in [1.54, 1.807) is 19.2 Å². The van der Waals surface area contributed by atoms with Crippen molar-refractivity contribution in [2.24, 2.45) is 0 Å². The van der Waals surface area contributed by atoms with E-state index in [0.717, 1.165) is 25.9 Å². The normalized spacial score (nSPS) is 12.9. The van der Waals surface area contributed by atoms with E-state index < -0.39 is 0 Å². The summed E-state index contributed by atoms with van der Waals surface area (Å²) in [6, 6.07) is 24.7. The van der Waals surface area contributed by atoms with Crippen molar-refractivity contribution in [2.45, 2.75) is 19.4 Å². The van der Waals surface area contributed by atoms with Crippen molar-refractivity contribution in [1.82, 2.24) is 5.32 Å². The summed E-state index contributed by atoms with van der Waals surface area (Å²) in [7, 11) is 1.58. The molecule has 4 rings (SSSR count). The van der Waals surface area contributed by atoms with Gasteiger partial charge in [-0.05, 0) is 53.8 Å². The summed E-state index contributed by atoms with van der Waals surface area (Å²) >= 11 is 0. The lowest BCUT2D eigenvalue weighted by Gasteiger charge is -2.30. The third-order valence-electron chi connectivity index (χ3n) is 5.48. The molecule has 1 aliphatic heterocycles. The summed E-state index contributed by atoms with van der Waals surface area (Å²) < 4.78 is 5.26. The van der Waals surface area contributed by atoms with Gasteiger partial charge in [0.1, 0.15) is 5.75 Å². The zero-order chi connectivity index (χ0) is 20.1. The Labute approximate surface area is 172 Å². The topological polar surface area (TPSA) is 41.6 Å². The number of carbonyl (C=O) groups excluding carboxylic acids is 1. The van der Waals surface area contributed by atoms with Gasteiger partial charge in [0, 0.05) is 25.3 Å². The monoisotopic (exact) mass is 386 g/mol. The molecule has 0 radical (unpaired) electrons. The highest BCUT2D eigenvalue weighted by atomic mass is 16.5. The maximum Gasteiger partial charge on any atom is 0.255 e. The van der Waals surface area contributed by atoms with Gasteiger partial charge in [-0.3, -0.25) is 4.79 Å². The van der Waals surface area contributed by atoms with E-state index >= 15 is 0 Å². The van der Waals surface area contributed by atoms with Gasteiger partial charge in [0.05, 0.1) is 12.7 Å². The number of carbonyl (C=O) groups is 1. The second kappa shape index (κ2) is 8.82.